The molecule has 2 bridgehead atoms. The first kappa shape index (κ1) is 15.5. The molecule has 3 rings (SSSR count). The Labute approximate surface area is 134 Å². The first-order valence-electron chi connectivity index (χ1n) is 8.74. The number of likely N-dealkylation sites (tertiary alicyclic amines) is 1. The highest BCUT2D eigenvalue weighted by Crippen LogP contribution is 2.26. The van der Waals surface area contributed by atoms with Gasteiger partial charge >= 0.3 is 0 Å². The number of amides is 1. The van der Waals surface area contributed by atoms with Crippen LogP contribution in [0.25, 0.3) is 0 Å². The zero-order chi connectivity index (χ0) is 15.4. The highest BCUT2D eigenvalue weighted by Gasteiger charge is 2.32. The molecule has 0 radical (unpaired) electrons. The monoisotopic (exact) mass is 300 g/mol. The second-order valence-electron chi connectivity index (χ2n) is 7.03. The Balaban J connectivity index is 1.51. The molecule has 0 saturated carbocycles. The number of fused-ring (bicyclic) bond motifs is 3. The van der Waals surface area contributed by atoms with Gasteiger partial charge in [0.2, 0.25) is 5.91 Å². The Bertz CT molecular complexity index is 487. The van der Waals surface area contributed by atoms with E-state index in [1.165, 1.54) is 31.4 Å². The minimum Gasteiger partial charge on any atom is -0.341 e. The van der Waals surface area contributed by atoms with Crippen LogP contribution in [-0.2, 0) is 11.2 Å². The molecule has 0 aromatic heterocycles. The van der Waals surface area contributed by atoms with Crippen LogP contribution < -0.4 is 0 Å². The van der Waals surface area contributed by atoms with Gasteiger partial charge in [-0.2, -0.15) is 0 Å². The molecule has 3 nitrogen and oxygen atoms in total. The molecule has 22 heavy (non-hydrogen) atoms. The van der Waals surface area contributed by atoms with Crippen molar-refractivity contribution in [3.63, 3.8) is 0 Å². The van der Waals surface area contributed by atoms with Crippen molar-refractivity contribution in [2.45, 2.75) is 44.6 Å². The van der Waals surface area contributed by atoms with Crippen LogP contribution in [0.15, 0.2) is 30.3 Å². The zero-order valence-corrected chi connectivity index (χ0v) is 13.7. The van der Waals surface area contributed by atoms with Crippen LogP contribution in [0, 0.1) is 5.92 Å². The number of likely N-dealkylation sites (N-methyl/N-ethyl adjacent to an activating group) is 1. The second kappa shape index (κ2) is 7.28. The first-order valence-corrected chi connectivity index (χ1v) is 8.74. The van der Waals surface area contributed by atoms with E-state index in [9.17, 15) is 4.79 Å². The fraction of sp³-hybridized carbons (Fsp3) is 0.632. The number of aryl methyl sites for hydroxylation is 1. The largest absolute Gasteiger partial charge is 0.341 e. The molecule has 2 aliphatic rings. The lowest BCUT2D eigenvalue weighted by Gasteiger charge is -2.30. The van der Waals surface area contributed by atoms with Crippen molar-refractivity contribution in [3.05, 3.63) is 35.9 Å². The minimum absolute atomic E-state index is 0.364. The smallest absolute Gasteiger partial charge is 0.222 e. The molecule has 2 atom stereocenters. The van der Waals surface area contributed by atoms with E-state index in [-0.39, 0.29) is 0 Å². The summed E-state index contributed by atoms with van der Waals surface area (Å²) in [4.78, 5) is 17.2. The van der Waals surface area contributed by atoms with Gasteiger partial charge in [-0.3, -0.25) is 4.79 Å². The summed E-state index contributed by atoms with van der Waals surface area (Å²) < 4.78 is 0. The van der Waals surface area contributed by atoms with Gasteiger partial charge in [0, 0.05) is 32.1 Å². The maximum atomic E-state index is 12.6. The maximum Gasteiger partial charge on any atom is 0.222 e. The van der Waals surface area contributed by atoms with Gasteiger partial charge in [0.1, 0.15) is 0 Å². The number of hydrogen-bond acceptors (Lipinski definition) is 2. The van der Waals surface area contributed by atoms with Crippen molar-refractivity contribution >= 4 is 5.91 Å². The molecule has 3 heteroatoms. The SMILES string of the molecule is CN1C[C@@H]2CCC[C@H]1CN(C(=O)CCCc1ccccc1)C2. The van der Waals surface area contributed by atoms with Crippen molar-refractivity contribution in [1.29, 1.82) is 0 Å². The zero-order valence-electron chi connectivity index (χ0n) is 13.7. The molecule has 2 saturated heterocycles. The minimum atomic E-state index is 0.364. The molecular formula is C19H28N2O. The summed E-state index contributed by atoms with van der Waals surface area (Å²) in [5.74, 6) is 1.04. The van der Waals surface area contributed by atoms with E-state index >= 15 is 0 Å². The molecule has 2 fully saturated rings. The Morgan fingerprint density at radius 2 is 1.95 bits per heavy atom. The van der Waals surface area contributed by atoms with Crippen molar-refractivity contribution in [2.24, 2.45) is 5.92 Å². The van der Waals surface area contributed by atoms with Crippen molar-refractivity contribution < 1.29 is 4.79 Å². The summed E-state index contributed by atoms with van der Waals surface area (Å²) in [5.41, 5.74) is 1.34. The Hall–Kier alpha value is -1.35. The lowest BCUT2D eigenvalue weighted by molar-refractivity contribution is -0.132. The van der Waals surface area contributed by atoms with E-state index in [1.54, 1.807) is 0 Å². The van der Waals surface area contributed by atoms with E-state index in [0.29, 0.717) is 24.3 Å². The fourth-order valence-corrected chi connectivity index (χ4v) is 3.98. The average Bonchev–Trinajstić information content (AvgIpc) is 2.76. The number of hydrogen-bond donors (Lipinski definition) is 0. The van der Waals surface area contributed by atoms with Crippen molar-refractivity contribution in [3.8, 4) is 0 Å². The number of rotatable bonds is 4. The number of carbonyl (C=O) groups excluding carboxylic acids is 1. The quantitative estimate of drug-likeness (QED) is 0.853. The molecule has 2 aliphatic heterocycles. The van der Waals surface area contributed by atoms with Crippen molar-refractivity contribution in [2.75, 3.05) is 26.7 Å². The van der Waals surface area contributed by atoms with Gasteiger partial charge in [-0.15, -0.1) is 0 Å². The maximum absolute atomic E-state index is 12.6. The van der Waals surface area contributed by atoms with Crippen LogP contribution in [0.5, 0.6) is 0 Å². The fourth-order valence-electron chi connectivity index (χ4n) is 3.98. The predicted octanol–water partition coefficient (Wildman–Crippen LogP) is 2.95. The molecule has 0 unspecified atom stereocenters. The molecule has 1 amide bonds. The van der Waals surface area contributed by atoms with Gasteiger partial charge in [0.25, 0.3) is 0 Å². The second-order valence-corrected chi connectivity index (χ2v) is 7.03. The van der Waals surface area contributed by atoms with Crippen LogP contribution in [-0.4, -0.2) is 48.4 Å². The van der Waals surface area contributed by atoms with Crippen LogP contribution in [0.2, 0.25) is 0 Å². The van der Waals surface area contributed by atoms with E-state index in [2.05, 4.69) is 41.1 Å². The van der Waals surface area contributed by atoms with Gasteiger partial charge in [0.05, 0.1) is 0 Å². The Kier molecular flexibility index (Phi) is 5.14. The lowest BCUT2D eigenvalue weighted by atomic mass is 9.99. The van der Waals surface area contributed by atoms with E-state index < -0.39 is 0 Å². The summed E-state index contributed by atoms with van der Waals surface area (Å²) in [5, 5.41) is 0. The van der Waals surface area contributed by atoms with Crippen LogP contribution in [0.4, 0.5) is 0 Å². The van der Waals surface area contributed by atoms with Gasteiger partial charge in [-0.1, -0.05) is 36.8 Å². The molecule has 120 valence electrons. The number of benzene rings is 1. The van der Waals surface area contributed by atoms with E-state index in [4.69, 9.17) is 0 Å². The number of carbonyl (C=O) groups is 1. The highest BCUT2D eigenvalue weighted by atomic mass is 16.2. The molecule has 1 aromatic carbocycles. The summed E-state index contributed by atoms with van der Waals surface area (Å²) in [6, 6.07) is 11.1. The van der Waals surface area contributed by atoms with E-state index in [1.807, 2.05) is 6.07 Å². The van der Waals surface area contributed by atoms with Crippen molar-refractivity contribution in [1.82, 2.24) is 9.80 Å². The van der Waals surface area contributed by atoms with Crippen LogP contribution in [0.1, 0.15) is 37.7 Å². The topological polar surface area (TPSA) is 23.6 Å². The molecule has 0 spiro atoms. The third-order valence-corrected chi connectivity index (χ3v) is 5.28. The third kappa shape index (κ3) is 3.89. The van der Waals surface area contributed by atoms with Gasteiger partial charge in [0.15, 0.2) is 0 Å². The van der Waals surface area contributed by atoms with Gasteiger partial charge in [-0.25, -0.2) is 0 Å². The summed E-state index contributed by atoms with van der Waals surface area (Å²) in [6.07, 6.45) is 6.53. The first-order chi connectivity index (χ1) is 10.7. The van der Waals surface area contributed by atoms with Gasteiger partial charge in [-0.05, 0) is 44.2 Å². The Morgan fingerprint density at radius 1 is 1.14 bits per heavy atom. The predicted molar refractivity (Wildman–Crippen MR) is 89.7 cm³/mol. The van der Waals surface area contributed by atoms with Crippen LogP contribution in [0.3, 0.4) is 0 Å². The summed E-state index contributed by atoms with van der Waals surface area (Å²) in [7, 11) is 2.23. The highest BCUT2D eigenvalue weighted by molar-refractivity contribution is 5.76. The molecule has 2 heterocycles. The lowest BCUT2D eigenvalue weighted by Crippen LogP contribution is -2.41. The molecular weight excluding hydrogens is 272 g/mol. The molecule has 0 aliphatic carbocycles. The van der Waals surface area contributed by atoms with E-state index in [0.717, 1.165) is 25.9 Å². The average molecular weight is 300 g/mol. The Morgan fingerprint density at radius 3 is 2.77 bits per heavy atom. The normalized spacial score (nSPS) is 25.8. The summed E-state index contributed by atoms with van der Waals surface area (Å²) >= 11 is 0. The molecule has 1 aromatic rings. The standard InChI is InChI=1S/C19H28N2O/c1-20-13-17-10-5-11-18(20)15-21(14-17)19(22)12-6-9-16-7-3-2-4-8-16/h2-4,7-8,17-18H,5-6,9-15H2,1H3/t17-,18-/m0/s1. The van der Waals surface area contributed by atoms with Crippen LogP contribution >= 0.6 is 0 Å². The third-order valence-electron chi connectivity index (χ3n) is 5.28. The van der Waals surface area contributed by atoms with Gasteiger partial charge < -0.3 is 9.80 Å². The molecule has 0 N–H and O–H groups in total. The summed E-state index contributed by atoms with van der Waals surface area (Å²) in [6.45, 7) is 3.08. The number of nitrogens with zero attached hydrogens (tertiary/aromatic N) is 2.